The number of hydrogen-bond acceptors (Lipinski definition) is 6. The van der Waals surface area contributed by atoms with Crippen molar-refractivity contribution in [3.05, 3.63) is 53.9 Å². The SMILES string of the molecule is CC(=O)Nc1ccc(S(=O)(=O)NCc2ccc3c(c2)nc(C(C)(C)C)n3CC2COCCO2)cc1. The molecule has 1 aliphatic rings. The molecule has 2 N–H and O–H groups in total. The predicted octanol–water partition coefficient (Wildman–Crippen LogP) is 3.19. The van der Waals surface area contributed by atoms with Gasteiger partial charge < -0.3 is 19.4 Å². The van der Waals surface area contributed by atoms with Gasteiger partial charge in [0.05, 0.1) is 48.4 Å². The van der Waals surface area contributed by atoms with Crippen LogP contribution in [0.5, 0.6) is 0 Å². The number of fused-ring (bicyclic) bond motifs is 1. The van der Waals surface area contributed by atoms with Crippen LogP contribution in [0.3, 0.4) is 0 Å². The first kappa shape index (κ1) is 25.3. The Kier molecular flexibility index (Phi) is 7.27. The predicted molar refractivity (Wildman–Crippen MR) is 134 cm³/mol. The molecule has 1 saturated heterocycles. The Labute approximate surface area is 205 Å². The molecule has 0 radical (unpaired) electrons. The smallest absolute Gasteiger partial charge is 0.240 e. The van der Waals surface area contributed by atoms with Crippen LogP contribution >= 0.6 is 0 Å². The zero-order valence-corrected chi connectivity index (χ0v) is 21.3. The van der Waals surface area contributed by atoms with E-state index in [0.29, 0.717) is 32.1 Å². The van der Waals surface area contributed by atoms with E-state index >= 15 is 0 Å². The number of imidazole rings is 1. The maximum Gasteiger partial charge on any atom is 0.240 e. The monoisotopic (exact) mass is 500 g/mol. The number of amides is 1. The molecule has 9 nitrogen and oxygen atoms in total. The first-order chi connectivity index (χ1) is 16.5. The molecule has 1 atom stereocenters. The largest absolute Gasteiger partial charge is 0.376 e. The van der Waals surface area contributed by atoms with E-state index in [2.05, 4.69) is 35.4 Å². The molecule has 0 saturated carbocycles. The second-order valence-corrected chi connectivity index (χ2v) is 11.5. The van der Waals surface area contributed by atoms with Crippen LogP contribution in [0.15, 0.2) is 47.4 Å². The summed E-state index contributed by atoms with van der Waals surface area (Å²) < 4.78 is 41.8. The maximum atomic E-state index is 12.8. The molecular weight excluding hydrogens is 468 g/mol. The van der Waals surface area contributed by atoms with E-state index < -0.39 is 10.0 Å². The molecule has 1 amide bonds. The molecule has 4 rings (SSSR count). The summed E-state index contributed by atoms with van der Waals surface area (Å²) in [6.07, 6.45) is -0.0363. The van der Waals surface area contributed by atoms with Crippen LogP contribution in [0.2, 0.25) is 0 Å². The van der Waals surface area contributed by atoms with Crippen molar-refractivity contribution in [1.29, 1.82) is 0 Å². The minimum atomic E-state index is -3.72. The molecular formula is C25H32N4O5S. The van der Waals surface area contributed by atoms with Gasteiger partial charge in [-0.3, -0.25) is 4.79 Å². The molecule has 35 heavy (non-hydrogen) atoms. The second-order valence-electron chi connectivity index (χ2n) is 9.72. The van der Waals surface area contributed by atoms with Crippen LogP contribution in [0.25, 0.3) is 11.0 Å². The summed E-state index contributed by atoms with van der Waals surface area (Å²) in [4.78, 5) is 16.2. The van der Waals surface area contributed by atoms with E-state index in [4.69, 9.17) is 14.5 Å². The van der Waals surface area contributed by atoms with E-state index in [1.807, 2.05) is 18.2 Å². The van der Waals surface area contributed by atoms with Gasteiger partial charge in [-0.15, -0.1) is 0 Å². The third kappa shape index (κ3) is 6.07. The summed E-state index contributed by atoms with van der Waals surface area (Å²) in [7, 11) is -3.72. The summed E-state index contributed by atoms with van der Waals surface area (Å²) in [5.41, 5.74) is 2.95. The van der Waals surface area contributed by atoms with Gasteiger partial charge in [0.15, 0.2) is 0 Å². The Balaban J connectivity index is 1.53. The topological polar surface area (TPSA) is 112 Å². The van der Waals surface area contributed by atoms with Gasteiger partial charge in [-0.1, -0.05) is 26.8 Å². The summed E-state index contributed by atoms with van der Waals surface area (Å²) in [6.45, 7) is 10.3. The van der Waals surface area contributed by atoms with Crippen LogP contribution < -0.4 is 10.0 Å². The molecule has 1 aromatic heterocycles. The number of ether oxygens (including phenoxy) is 2. The Morgan fingerprint density at radius 1 is 1.14 bits per heavy atom. The number of aromatic nitrogens is 2. The minimum Gasteiger partial charge on any atom is -0.376 e. The molecule has 1 aliphatic heterocycles. The van der Waals surface area contributed by atoms with E-state index in [1.165, 1.54) is 19.1 Å². The number of carbonyl (C=O) groups is 1. The van der Waals surface area contributed by atoms with Crippen molar-refractivity contribution in [2.24, 2.45) is 0 Å². The van der Waals surface area contributed by atoms with Crippen molar-refractivity contribution in [2.75, 3.05) is 25.1 Å². The molecule has 10 heteroatoms. The molecule has 2 aromatic carbocycles. The van der Waals surface area contributed by atoms with E-state index in [0.717, 1.165) is 22.4 Å². The molecule has 2 heterocycles. The van der Waals surface area contributed by atoms with Crippen molar-refractivity contribution in [3.8, 4) is 0 Å². The summed E-state index contributed by atoms with van der Waals surface area (Å²) >= 11 is 0. The standard InChI is InChI=1S/C25H32N4O5S/c1-17(30)27-19-6-8-21(9-7-19)35(31,32)26-14-18-5-10-23-22(13-18)28-24(25(2,3)4)29(23)15-20-16-33-11-12-34-20/h5-10,13,20,26H,11-12,14-16H2,1-4H3,(H,27,30). The first-order valence-corrected chi connectivity index (χ1v) is 13.1. The Bertz CT molecular complexity index is 1300. The average Bonchev–Trinajstić information content (AvgIpc) is 3.16. The molecule has 188 valence electrons. The highest BCUT2D eigenvalue weighted by atomic mass is 32.2. The zero-order valence-electron chi connectivity index (χ0n) is 20.5. The molecule has 1 unspecified atom stereocenters. The van der Waals surface area contributed by atoms with Gasteiger partial charge in [0.2, 0.25) is 15.9 Å². The third-order valence-electron chi connectivity index (χ3n) is 5.71. The summed E-state index contributed by atoms with van der Waals surface area (Å²) in [5.74, 6) is 0.726. The van der Waals surface area contributed by atoms with E-state index in [1.54, 1.807) is 12.1 Å². The number of nitrogens with zero attached hydrogens (tertiary/aromatic N) is 2. The van der Waals surface area contributed by atoms with Crippen molar-refractivity contribution in [1.82, 2.24) is 14.3 Å². The van der Waals surface area contributed by atoms with Gasteiger partial charge in [-0.05, 0) is 42.0 Å². The van der Waals surface area contributed by atoms with Gasteiger partial charge >= 0.3 is 0 Å². The number of hydrogen-bond donors (Lipinski definition) is 2. The Morgan fingerprint density at radius 2 is 1.89 bits per heavy atom. The van der Waals surface area contributed by atoms with Gasteiger partial charge in [0, 0.05) is 24.6 Å². The number of sulfonamides is 1. The number of rotatable bonds is 7. The number of anilines is 1. The highest BCUT2D eigenvalue weighted by molar-refractivity contribution is 7.89. The lowest BCUT2D eigenvalue weighted by Gasteiger charge is -2.26. The van der Waals surface area contributed by atoms with Crippen LogP contribution in [-0.2, 0) is 42.8 Å². The highest BCUT2D eigenvalue weighted by Gasteiger charge is 2.26. The quantitative estimate of drug-likeness (QED) is 0.515. The van der Waals surface area contributed by atoms with E-state index in [9.17, 15) is 13.2 Å². The van der Waals surface area contributed by atoms with Gasteiger partial charge in [-0.2, -0.15) is 0 Å². The van der Waals surface area contributed by atoms with Crippen LogP contribution in [-0.4, -0.2) is 49.8 Å². The van der Waals surface area contributed by atoms with Crippen molar-refractivity contribution in [2.45, 2.75) is 57.2 Å². The lowest BCUT2D eigenvalue weighted by Crippen LogP contribution is -2.33. The number of carbonyl (C=O) groups excluding carboxylic acids is 1. The van der Waals surface area contributed by atoms with Gasteiger partial charge in [0.1, 0.15) is 5.82 Å². The lowest BCUT2D eigenvalue weighted by molar-refractivity contribution is -0.114. The van der Waals surface area contributed by atoms with Crippen molar-refractivity contribution < 1.29 is 22.7 Å². The molecule has 0 aliphatic carbocycles. The second kappa shape index (κ2) is 10.1. The fraction of sp³-hybridized carbons (Fsp3) is 0.440. The van der Waals surface area contributed by atoms with Crippen molar-refractivity contribution in [3.63, 3.8) is 0 Å². The fourth-order valence-electron chi connectivity index (χ4n) is 4.07. The average molecular weight is 501 g/mol. The molecule has 0 spiro atoms. The Hall–Kier alpha value is -2.79. The summed E-state index contributed by atoms with van der Waals surface area (Å²) in [6, 6.07) is 11.9. The van der Waals surface area contributed by atoms with Crippen LogP contribution in [0, 0.1) is 0 Å². The molecule has 3 aromatic rings. The third-order valence-corrected chi connectivity index (χ3v) is 7.12. The first-order valence-electron chi connectivity index (χ1n) is 11.6. The lowest BCUT2D eigenvalue weighted by atomic mass is 9.95. The molecule has 1 fully saturated rings. The number of nitrogens with one attached hydrogen (secondary N) is 2. The van der Waals surface area contributed by atoms with E-state index in [-0.39, 0.29) is 28.9 Å². The molecule has 0 bridgehead atoms. The number of benzene rings is 2. The summed E-state index contributed by atoms with van der Waals surface area (Å²) in [5, 5.41) is 2.62. The Morgan fingerprint density at radius 3 is 2.51 bits per heavy atom. The van der Waals surface area contributed by atoms with Gasteiger partial charge in [0.25, 0.3) is 0 Å². The van der Waals surface area contributed by atoms with Gasteiger partial charge in [-0.25, -0.2) is 18.1 Å². The normalized spacial score (nSPS) is 17.0. The maximum absolute atomic E-state index is 12.8. The minimum absolute atomic E-state index is 0.0363. The van der Waals surface area contributed by atoms with Crippen molar-refractivity contribution >= 4 is 32.7 Å². The van der Waals surface area contributed by atoms with Crippen LogP contribution in [0.4, 0.5) is 5.69 Å². The highest BCUT2D eigenvalue weighted by Crippen LogP contribution is 2.28. The van der Waals surface area contributed by atoms with Crippen LogP contribution in [0.1, 0.15) is 39.1 Å². The zero-order chi connectivity index (χ0) is 25.2. The fourth-order valence-corrected chi connectivity index (χ4v) is 5.09.